The molecule has 0 saturated carbocycles. The summed E-state index contributed by atoms with van der Waals surface area (Å²) >= 11 is 3.39. The van der Waals surface area contributed by atoms with Crippen LogP contribution in [-0.4, -0.2) is 14.8 Å². The molecule has 0 aliphatic carbocycles. The van der Waals surface area contributed by atoms with E-state index in [1.807, 2.05) is 24.3 Å². The van der Waals surface area contributed by atoms with E-state index in [1.165, 1.54) is 0 Å². The minimum atomic E-state index is 0.259. The molecular weight excluding hydrogens is 258 g/mol. The Morgan fingerprint density at radius 1 is 1.47 bits per heavy atom. The van der Waals surface area contributed by atoms with Crippen LogP contribution < -0.4 is 11.1 Å². The highest BCUT2D eigenvalue weighted by atomic mass is 79.9. The van der Waals surface area contributed by atoms with Gasteiger partial charge in [-0.25, -0.2) is 4.68 Å². The summed E-state index contributed by atoms with van der Waals surface area (Å²) in [6, 6.07) is 7.78. The third kappa shape index (κ3) is 2.27. The molecule has 15 heavy (non-hydrogen) atoms. The zero-order valence-electron chi connectivity index (χ0n) is 8.11. The van der Waals surface area contributed by atoms with Gasteiger partial charge in [-0.15, -0.1) is 5.10 Å². The lowest BCUT2D eigenvalue weighted by atomic mass is 10.3. The fourth-order valence-electron chi connectivity index (χ4n) is 1.21. The summed E-state index contributed by atoms with van der Waals surface area (Å²) in [6.07, 6.45) is 0. The second-order valence-electron chi connectivity index (χ2n) is 3.05. The van der Waals surface area contributed by atoms with Crippen molar-refractivity contribution >= 4 is 33.5 Å². The first-order valence-corrected chi connectivity index (χ1v) is 5.13. The van der Waals surface area contributed by atoms with Crippen LogP contribution in [-0.2, 0) is 7.05 Å². The van der Waals surface area contributed by atoms with E-state index in [1.54, 1.807) is 11.7 Å². The monoisotopic (exact) mass is 267 g/mol. The number of nitrogens with one attached hydrogen (secondary N) is 1. The van der Waals surface area contributed by atoms with Gasteiger partial charge in [0, 0.05) is 17.2 Å². The van der Waals surface area contributed by atoms with E-state index in [4.69, 9.17) is 5.73 Å². The summed E-state index contributed by atoms with van der Waals surface area (Å²) in [5.74, 6) is 0.876. The van der Waals surface area contributed by atoms with Crippen LogP contribution in [0.2, 0.25) is 0 Å². The first kappa shape index (κ1) is 9.97. The standard InChI is InChI=1S/C9H10BrN5/c1-15-9(13-8(11)14-15)12-7-4-2-3-6(10)5-7/h2-5H,1H3,(H3,11,12,13,14). The molecule has 0 atom stereocenters. The third-order valence-corrected chi connectivity index (χ3v) is 2.35. The van der Waals surface area contributed by atoms with E-state index < -0.39 is 0 Å². The highest BCUT2D eigenvalue weighted by Gasteiger charge is 2.04. The first-order chi connectivity index (χ1) is 7.15. The topological polar surface area (TPSA) is 68.8 Å². The maximum Gasteiger partial charge on any atom is 0.241 e. The van der Waals surface area contributed by atoms with Gasteiger partial charge in [-0.2, -0.15) is 4.98 Å². The van der Waals surface area contributed by atoms with Gasteiger partial charge in [0.25, 0.3) is 0 Å². The lowest BCUT2D eigenvalue weighted by Crippen LogP contribution is -1.99. The molecule has 0 aliphatic rings. The summed E-state index contributed by atoms with van der Waals surface area (Å²) in [7, 11) is 1.78. The Hall–Kier alpha value is -1.56. The van der Waals surface area contributed by atoms with Crippen molar-refractivity contribution in [3.05, 3.63) is 28.7 Å². The van der Waals surface area contributed by atoms with Crippen molar-refractivity contribution in [3.8, 4) is 0 Å². The molecule has 0 spiro atoms. The Labute approximate surface area is 95.4 Å². The van der Waals surface area contributed by atoms with Crippen LogP contribution in [0.4, 0.5) is 17.6 Å². The van der Waals surface area contributed by atoms with Crippen LogP contribution in [0.15, 0.2) is 28.7 Å². The Kier molecular flexibility index (Phi) is 2.59. The summed E-state index contributed by atoms with van der Waals surface area (Å²) < 4.78 is 2.60. The van der Waals surface area contributed by atoms with Gasteiger partial charge >= 0.3 is 0 Å². The van der Waals surface area contributed by atoms with Gasteiger partial charge in [0.1, 0.15) is 0 Å². The molecule has 1 aromatic heterocycles. The number of nitrogens with zero attached hydrogens (tertiary/aromatic N) is 3. The second-order valence-corrected chi connectivity index (χ2v) is 3.97. The quantitative estimate of drug-likeness (QED) is 0.872. The minimum Gasteiger partial charge on any atom is -0.366 e. The van der Waals surface area contributed by atoms with E-state index in [2.05, 4.69) is 31.3 Å². The number of hydrogen-bond acceptors (Lipinski definition) is 4. The van der Waals surface area contributed by atoms with Crippen molar-refractivity contribution < 1.29 is 0 Å². The van der Waals surface area contributed by atoms with Crippen LogP contribution in [0.5, 0.6) is 0 Å². The van der Waals surface area contributed by atoms with Gasteiger partial charge in [0.2, 0.25) is 11.9 Å². The van der Waals surface area contributed by atoms with Crippen molar-refractivity contribution in [2.24, 2.45) is 7.05 Å². The molecule has 1 heterocycles. The predicted octanol–water partition coefficient (Wildman–Crippen LogP) is 1.90. The molecule has 6 heteroatoms. The molecule has 5 nitrogen and oxygen atoms in total. The lowest BCUT2D eigenvalue weighted by Gasteiger charge is -2.04. The number of hydrogen-bond donors (Lipinski definition) is 2. The third-order valence-electron chi connectivity index (χ3n) is 1.86. The normalized spacial score (nSPS) is 10.3. The highest BCUT2D eigenvalue weighted by Crippen LogP contribution is 2.19. The molecule has 0 aliphatic heterocycles. The molecule has 3 N–H and O–H groups in total. The van der Waals surface area contributed by atoms with Crippen LogP contribution in [0, 0.1) is 0 Å². The van der Waals surface area contributed by atoms with Crippen LogP contribution in [0.1, 0.15) is 0 Å². The fraction of sp³-hybridized carbons (Fsp3) is 0.111. The molecule has 2 aromatic rings. The smallest absolute Gasteiger partial charge is 0.241 e. The Balaban J connectivity index is 2.25. The number of halogens is 1. The second kappa shape index (κ2) is 3.90. The van der Waals surface area contributed by atoms with E-state index in [0.717, 1.165) is 10.2 Å². The number of rotatable bonds is 2. The van der Waals surface area contributed by atoms with Gasteiger partial charge in [-0.3, -0.25) is 0 Å². The summed E-state index contributed by atoms with van der Waals surface area (Å²) in [5.41, 5.74) is 6.40. The maximum absolute atomic E-state index is 5.47. The van der Waals surface area contributed by atoms with Crippen LogP contribution >= 0.6 is 15.9 Å². The largest absolute Gasteiger partial charge is 0.366 e. The summed E-state index contributed by atoms with van der Waals surface area (Å²) in [4.78, 5) is 4.04. The van der Waals surface area contributed by atoms with Crippen molar-refractivity contribution in [1.82, 2.24) is 14.8 Å². The first-order valence-electron chi connectivity index (χ1n) is 4.34. The molecule has 0 amide bonds. The van der Waals surface area contributed by atoms with Gasteiger partial charge < -0.3 is 11.1 Å². The number of nitrogens with two attached hydrogens (primary N) is 1. The molecule has 1 aromatic carbocycles. The number of aryl methyl sites for hydroxylation is 1. The molecular formula is C9H10BrN5. The minimum absolute atomic E-state index is 0.259. The SMILES string of the molecule is Cn1nc(N)nc1Nc1cccc(Br)c1. The molecule has 78 valence electrons. The average molecular weight is 268 g/mol. The van der Waals surface area contributed by atoms with Crippen molar-refractivity contribution in [2.45, 2.75) is 0 Å². The highest BCUT2D eigenvalue weighted by molar-refractivity contribution is 9.10. The number of aromatic nitrogens is 3. The van der Waals surface area contributed by atoms with E-state index in [9.17, 15) is 0 Å². The van der Waals surface area contributed by atoms with Crippen molar-refractivity contribution in [3.63, 3.8) is 0 Å². The lowest BCUT2D eigenvalue weighted by molar-refractivity contribution is 0.779. The van der Waals surface area contributed by atoms with Gasteiger partial charge in [-0.05, 0) is 18.2 Å². The zero-order chi connectivity index (χ0) is 10.8. The van der Waals surface area contributed by atoms with E-state index in [-0.39, 0.29) is 5.95 Å². The van der Waals surface area contributed by atoms with Crippen molar-refractivity contribution in [2.75, 3.05) is 11.1 Å². The van der Waals surface area contributed by atoms with Gasteiger partial charge in [-0.1, -0.05) is 22.0 Å². The van der Waals surface area contributed by atoms with Gasteiger partial charge in [0.05, 0.1) is 0 Å². The van der Waals surface area contributed by atoms with E-state index in [0.29, 0.717) is 5.95 Å². The van der Waals surface area contributed by atoms with Crippen LogP contribution in [0.3, 0.4) is 0 Å². The molecule has 0 fully saturated rings. The average Bonchev–Trinajstić information content (AvgIpc) is 2.45. The maximum atomic E-state index is 5.47. The molecule has 0 unspecified atom stereocenters. The van der Waals surface area contributed by atoms with E-state index >= 15 is 0 Å². The Morgan fingerprint density at radius 2 is 2.27 bits per heavy atom. The predicted molar refractivity (Wildman–Crippen MR) is 62.8 cm³/mol. The van der Waals surface area contributed by atoms with Crippen molar-refractivity contribution in [1.29, 1.82) is 0 Å². The molecule has 0 saturated heterocycles. The molecule has 2 rings (SSSR count). The Bertz CT molecular complexity index is 479. The molecule has 0 radical (unpaired) electrons. The number of nitrogen functional groups attached to an aromatic ring is 1. The number of anilines is 3. The van der Waals surface area contributed by atoms with Gasteiger partial charge in [0.15, 0.2) is 0 Å². The summed E-state index contributed by atoms with van der Waals surface area (Å²) in [5, 5.41) is 7.05. The number of benzene rings is 1. The fourth-order valence-corrected chi connectivity index (χ4v) is 1.61. The zero-order valence-corrected chi connectivity index (χ0v) is 9.69. The summed E-state index contributed by atoms with van der Waals surface area (Å²) in [6.45, 7) is 0. The Morgan fingerprint density at radius 3 is 2.87 bits per heavy atom. The molecule has 0 bridgehead atoms. The van der Waals surface area contributed by atoms with Crippen LogP contribution in [0.25, 0.3) is 0 Å².